The molecule has 1 fully saturated rings. The Kier molecular flexibility index (Phi) is 3.99. The van der Waals surface area contributed by atoms with Crippen molar-refractivity contribution in [3.63, 3.8) is 0 Å². The maximum atomic E-state index is 12.2. The van der Waals surface area contributed by atoms with Crippen LogP contribution in [0.5, 0.6) is 0 Å². The highest BCUT2D eigenvalue weighted by molar-refractivity contribution is 7.89. The molecule has 1 aliphatic carbocycles. The van der Waals surface area contributed by atoms with Crippen molar-refractivity contribution in [1.82, 2.24) is 4.72 Å². The van der Waals surface area contributed by atoms with Crippen molar-refractivity contribution in [2.24, 2.45) is 5.41 Å². The van der Waals surface area contributed by atoms with Gasteiger partial charge in [0.05, 0.1) is 11.5 Å². The molecule has 19 heavy (non-hydrogen) atoms. The van der Waals surface area contributed by atoms with Crippen molar-refractivity contribution >= 4 is 10.0 Å². The average Bonchev–Trinajstić information content (AvgIpc) is 2.34. The molecule has 0 aromatic heterocycles. The van der Waals surface area contributed by atoms with E-state index in [-0.39, 0.29) is 16.9 Å². The maximum absolute atomic E-state index is 12.2. The van der Waals surface area contributed by atoms with E-state index in [0.29, 0.717) is 12.1 Å². The molecule has 0 amide bonds. The molecule has 0 unspecified atom stereocenters. The summed E-state index contributed by atoms with van der Waals surface area (Å²) >= 11 is 0. The van der Waals surface area contributed by atoms with E-state index >= 15 is 0 Å². The van der Waals surface area contributed by atoms with E-state index in [1.165, 1.54) is 6.42 Å². The number of hydrogen-bond acceptors (Lipinski definition) is 3. The third-order valence-corrected chi connectivity index (χ3v) is 5.45. The first-order chi connectivity index (χ1) is 8.86. The first-order valence-corrected chi connectivity index (χ1v) is 8.05. The zero-order chi connectivity index (χ0) is 14.1. The highest BCUT2D eigenvalue weighted by Crippen LogP contribution is 2.39. The van der Waals surface area contributed by atoms with Gasteiger partial charge >= 0.3 is 0 Å². The van der Waals surface area contributed by atoms with Gasteiger partial charge in [0, 0.05) is 6.54 Å². The van der Waals surface area contributed by atoms with Crippen LogP contribution in [0.1, 0.15) is 37.3 Å². The van der Waals surface area contributed by atoms with Crippen molar-refractivity contribution in [2.45, 2.75) is 44.6 Å². The van der Waals surface area contributed by atoms with Crippen LogP contribution in [0.15, 0.2) is 23.1 Å². The predicted molar refractivity (Wildman–Crippen MR) is 74.2 cm³/mol. The highest BCUT2D eigenvalue weighted by atomic mass is 32.2. The van der Waals surface area contributed by atoms with Gasteiger partial charge < -0.3 is 5.11 Å². The van der Waals surface area contributed by atoms with Crippen LogP contribution < -0.4 is 4.72 Å². The summed E-state index contributed by atoms with van der Waals surface area (Å²) in [5.74, 6) is 0. The Morgan fingerprint density at radius 1 is 1.37 bits per heavy atom. The standard InChI is InChI=1S/C14H21NO3S/c1-11-4-5-13(8-12(11)9-16)19(17,18)15-10-14(2)6-3-7-14/h4-5,8,15-16H,3,6-7,9-10H2,1-2H3. The Morgan fingerprint density at radius 3 is 2.58 bits per heavy atom. The minimum Gasteiger partial charge on any atom is -0.392 e. The maximum Gasteiger partial charge on any atom is 0.240 e. The van der Waals surface area contributed by atoms with E-state index in [4.69, 9.17) is 0 Å². The van der Waals surface area contributed by atoms with Crippen LogP contribution in [0.25, 0.3) is 0 Å². The predicted octanol–water partition coefficient (Wildman–Crippen LogP) is 1.96. The van der Waals surface area contributed by atoms with Crippen molar-refractivity contribution < 1.29 is 13.5 Å². The summed E-state index contributed by atoms with van der Waals surface area (Å²) in [6.45, 7) is 4.29. The summed E-state index contributed by atoms with van der Waals surface area (Å²) in [7, 11) is -3.48. The minimum absolute atomic E-state index is 0.109. The number of aliphatic hydroxyl groups is 1. The molecule has 0 saturated heterocycles. The Bertz CT molecular complexity index is 562. The van der Waals surface area contributed by atoms with Crippen LogP contribution >= 0.6 is 0 Å². The van der Waals surface area contributed by atoms with Gasteiger partial charge in [-0.25, -0.2) is 13.1 Å². The molecular formula is C14H21NO3S. The van der Waals surface area contributed by atoms with E-state index in [1.54, 1.807) is 18.2 Å². The second kappa shape index (κ2) is 5.23. The van der Waals surface area contributed by atoms with Crippen LogP contribution in [-0.2, 0) is 16.6 Å². The fourth-order valence-electron chi connectivity index (χ4n) is 2.30. The highest BCUT2D eigenvalue weighted by Gasteiger charge is 2.33. The third-order valence-electron chi connectivity index (χ3n) is 4.05. The number of aryl methyl sites for hydroxylation is 1. The van der Waals surface area contributed by atoms with Crippen molar-refractivity contribution in [2.75, 3.05) is 6.54 Å². The lowest BCUT2D eigenvalue weighted by Crippen LogP contribution is -2.39. The Hall–Kier alpha value is -0.910. The molecule has 0 bridgehead atoms. The molecule has 5 heteroatoms. The third kappa shape index (κ3) is 3.16. The van der Waals surface area contributed by atoms with E-state index < -0.39 is 10.0 Å². The summed E-state index contributed by atoms with van der Waals surface area (Å²) in [4.78, 5) is 0.227. The quantitative estimate of drug-likeness (QED) is 0.868. The lowest BCUT2D eigenvalue weighted by molar-refractivity contribution is 0.166. The van der Waals surface area contributed by atoms with Crippen LogP contribution in [0.2, 0.25) is 0 Å². The smallest absolute Gasteiger partial charge is 0.240 e. The van der Waals surface area contributed by atoms with E-state index in [9.17, 15) is 13.5 Å². The van der Waals surface area contributed by atoms with Gasteiger partial charge in [0.25, 0.3) is 0 Å². The molecule has 1 saturated carbocycles. The molecule has 0 heterocycles. The number of rotatable bonds is 5. The van der Waals surface area contributed by atoms with Crippen molar-refractivity contribution in [3.8, 4) is 0 Å². The van der Waals surface area contributed by atoms with Crippen molar-refractivity contribution in [3.05, 3.63) is 29.3 Å². The second-order valence-electron chi connectivity index (χ2n) is 5.74. The summed E-state index contributed by atoms with van der Waals surface area (Å²) < 4.78 is 27.1. The van der Waals surface area contributed by atoms with Gasteiger partial charge in [0.2, 0.25) is 10.0 Å². The van der Waals surface area contributed by atoms with Gasteiger partial charge in [-0.3, -0.25) is 0 Å². The Balaban J connectivity index is 2.14. The molecule has 1 aliphatic rings. The van der Waals surface area contributed by atoms with E-state index in [1.807, 2.05) is 6.92 Å². The molecule has 0 atom stereocenters. The first kappa shape index (κ1) is 14.5. The van der Waals surface area contributed by atoms with Crippen LogP contribution in [0.4, 0.5) is 0 Å². The SMILES string of the molecule is Cc1ccc(S(=O)(=O)NCC2(C)CCC2)cc1CO. The van der Waals surface area contributed by atoms with Crippen LogP contribution in [0.3, 0.4) is 0 Å². The zero-order valence-electron chi connectivity index (χ0n) is 11.4. The van der Waals surface area contributed by atoms with Crippen LogP contribution in [0, 0.1) is 12.3 Å². The van der Waals surface area contributed by atoms with Gasteiger partial charge in [0.1, 0.15) is 0 Å². The average molecular weight is 283 g/mol. The largest absolute Gasteiger partial charge is 0.392 e. The number of benzene rings is 1. The van der Waals surface area contributed by atoms with Gasteiger partial charge in [0.15, 0.2) is 0 Å². The fraction of sp³-hybridized carbons (Fsp3) is 0.571. The molecule has 2 N–H and O–H groups in total. The number of hydrogen-bond donors (Lipinski definition) is 2. The van der Waals surface area contributed by atoms with Gasteiger partial charge in [-0.1, -0.05) is 19.4 Å². The second-order valence-corrected chi connectivity index (χ2v) is 7.50. The monoisotopic (exact) mass is 283 g/mol. The lowest BCUT2D eigenvalue weighted by Gasteiger charge is -2.38. The molecule has 0 aliphatic heterocycles. The van der Waals surface area contributed by atoms with Gasteiger partial charge in [-0.05, 0) is 48.4 Å². The molecule has 4 nitrogen and oxygen atoms in total. The Labute approximate surface area is 114 Å². The first-order valence-electron chi connectivity index (χ1n) is 6.56. The Morgan fingerprint density at radius 2 is 2.05 bits per heavy atom. The minimum atomic E-state index is -3.48. The summed E-state index contributed by atoms with van der Waals surface area (Å²) in [5.41, 5.74) is 1.66. The van der Waals surface area contributed by atoms with Gasteiger partial charge in [-0.2, -0.15) is 0 Å². The fourth-order valence-corrected chi connectivity index (χ4v) is 3.54. The van der Waals surface area contributed by atoms with E-state index in [2.05, 4.69) is 11.6 Å². The number of nitrogens with one attached hydrogen (secondary N) is 1. The number of sulfonamides is 1. The lowest BCUT2D eigenvalue weighted by atomic mass is 9.71. The normalized spacial score (nSPS) is 18.1. The molecule has 1 aromatic carbocycles. The summed E-state index contributed by atoms with van der Waals surface area (Å²) in [5, 5.41) is 9.20. The van der Waals surface area contributed by atoms with Crippen LogP contribution in [-0.4, -0.2) is 20.1 Å². The van der Waals surface area contributed by atoms with Gasteiger partial charge in [-0.15, -0.1) is 0 Å². The topological polar surface area (TPSA) is 66.4 Å². The molecule has 2 rings (SSSR count). The van der Waals surface area contributed by atoms with E-state index in [0.717, 1.165) is 18.4 Å². The molecule has 1 aromatic rings. The van der Waals surface area contributed by atoms with Crippen molar-refractivity contribution in [1.29, 1.82) is 0 Å². The molecule has 0 spiro atoms. The molecule has 0 radical (unpaired) electrons. The number of aliphatic hydroxyl groups excluding tert-OH is 1. The summed E-state index contributed by atoms with van der Waals surface area (Å²) in [6, 6.07) is 4.85. The molecule has 106 valence electrons. The molecular weight excluding hydrogens is 262 g/mol. The summed E-state index contributed by atoms with van der Waals surface area (Å²) in [6.07, 6.45) is 3.33. The zero-order valence-corrected chi connectivity index (χ0v) is 12.3.